The second-order valence-electron chi connectivity index (χ2n) is 3.79. The highest BCUT2D eigenvalue weighted by atomic mass is 16.4. The Morgan fingerprint density at radius 1 is 1.33 bits per heavy atom. The van der Waals surface area contributed by atoms with Gasteiger partial charge in [0.25, 0.3) is 0 Å². The Morgan fingerprint density at radius 3 is 2.25 bits per heavy atom. The Bertz CT molecular complexity index is 169. The van der Waals surface area contributed by atoms with Gasteiger partial charge in [0.1, 0.15) is 0 Å². The molecule has 0 saturated heterocycles. The molecule has 3 heteroatoms. The third-order valence-electron chi connectivity index (χ3n) is 2.83. The molecule has 1 fully saturated rings. The number of carboxylic acids is 1. The van der Waals surface area contributed by atoms with Crippen LogP contribution in [-0.4, -0.2) is 21.8 Å². The van der Waals surface area contributed by atoms with Crippen molar-refractivity contribution in [2.45, 2.75) is 44.6 Å². The van der Waals surface area contributed by atoms with Gasteiger partial charge >= 0.3 is 5.97 Å². The number of hydrogen-bond acceptors (Lipinski definition) is 2. The average Bonchev–Trinajstić information content (AvgIpc) is 2.06. The van der Waals surface area contributed by atoms with Crippen LogP contribution in [0.1, 0.15) is 39.0 Å². The summed E-state index contributed by atoms with van der Waals surface area (Å²) in [5.74, 6) is -1.14. The van der Waals surface area contributed by atoms with Gasteiger partial charge in [0.2, 0.25) is 0 Å². The molecule has 0 amide bonds. The molecular formula is C9H16O3. The van der Waals surface area contributed by atoms with E-state index in [1.165, 1.54) is 13.3 Å². The molecule has 0 aromatic carbocycles. The number of hydrogen-bond donors (Lipinski definition) is 2. The van der Waals surface area contributed by atoms with Gasteiger partial charge in [-0.1, -0.05) is 19.3 Å². The van der Waals surface area contributed by atoms with Crippen molar-refractivity contribution in [2.75, 3.05) is 0 Å². The summed E-state index contributed by atoms with van der Waals surface area (Å²) in [6.45, 7) is 1.41. The van der Waals surface area contributed by atoms with Crippen molar-refractivity contribution < 1.29 is 15.0 Å². The molecule has 70 valence electrons. The predicted molar refractivity (Wildman–Crippen MR) is 44.8 cm³/mol. The van der Waals surface area contributed by atoms with E-state index in [4.69, 9.17) is 5.11 Å². The van der Waals surface area contributed by atoms with Crippen LogP contribution in [0.15, 0.2) is 0 Å². The summed E-state index contributed by atoms with van der Waals surface area (Å²) in [6.07, 6.45) is 4.97. The molecule has 0 aromatic heterocycles. The summed E-state index contributed by atoms with van der Waals surface area (Å²) in [7, 11) is 0. The van der Waals surface area contributed by atoms with Crippen LogP contribution < -0.4 is 0 Å². The molecule has 3 nitrogen and oxygen atoms in total. The summed E-state index contributed by atoms with van der Waals surface area (Å²) < 4.78 is 0. The van der Waals surface area contributed by atoms with Crippen LogP contribution in [-0.2, 0) is 4.79 Å². The molecule has 0 aliphatic heterocycles. The SMILES string of the molecule is C[C@@](O)(C(=O)O)C1CCCCC1. The van der Waals surface area contributed by atoms with Crippen molar-refractivity contribution in [3.8, 4) is 0 Å². The molecule has 2 N–H and O–H groups in total. The van der Waals surface area contributed by atoms with Crippen LogP contribution in [0.25, 0.3) is 0 Å². The number of aliphatic hydroxyl groups is 1. The highest BCUT2D eigenvalue weighted by Gasteiger charge is 2.39. The molecule has 0 spiro atoms. The minimum absolute atomic E-state index is 0.0521. The van der Waals surface area contributed by atoms with E-state index in [1.54, 1.807) is 0 Å². The summed E-state index contributed by atoms with van der Waals surface area (Å²) in [6, 6.07) is 0. The average molecular weight is 172 g/mol. The summed E-state index contributed by atoms with van der Waals surface area (Å²) in [5, 5.41) is 18.4. The molecule has 1 rings (SSSR count). The van der Waals surface area contributed by atoms with Gasteiger partial charge in [0.05, 0.1) is 0 Å². The lowest BCUT2D eigenvalue weighted by atomic mass is 9.78. The highest BCUT2D eigenvalue weighted by molar-refractivity contribution is 5.76. The summed E-state index contributed by atoms with van der Waals surface area (Å²) in [5.41, 5.74) is -1.51. The van der Waals surface area contributed by atoms with Gasteiger partial charge in [-0.15, -0.1) is 0 Å². The van der Waals surface area contributed by atoms with Crippen LogP contribution in [0.4, 0.5) is 0 Å². The Kier molecular flexibility index (Phi) is 2.73. The second kappa shape index (κ2) is 3.44. The lowest BCUT2D eigenvalue weighted by Crippen LogP contribution is -2.43. The fourth-order valence-electron chi connectivity index (χ4n) is 1.84. The van der Waals surface area contributed by atoms with Crippen molar-refractivity contribution in [2.24, 2.45) is 5.92 Å². The molecule has 0 unspecified atom stereocenters. The number of carbonyl (C=O) groups is 1. The zero-order valence-electron chi connectivity index (χ0n) is 7.42. The van der Waals surface area contributed by atoms with Crippen LogP contribution >= 0.6 is 0 Å². The quantitative estimate of drug-likeness (QED) is 0.662. The van der Waals surface area contributed by atoms with Gasteiger partial charge in [0.15, 0.2) is 5.60 Å². The lowest BCUT2D eigenvalue weighted by Gasteiger charge is -2.31. The Hall–Kier alpha value is -0.570. The van der Waals surface area contributed by atoms with E-state index >= 15 is 0 Å². The fraction of sp³-hybridized carbons (Fsp3) is 0.889. The standard InChI is InChI=1S/C9H16O3/c1-9(12,8(10)11)7-5-3-2-4-6-7/h7,12H,2-6H2,1H3,(H,10,11)/t9-/m0/s1. The van der Waals surface area contributed by atoms with E-state index in [2.05, 4.69) is 0 Å². The van der Waals surface area contributed by atoms with Crippen molar-refractivity contribution >= 4 is 5.97 Å². The van der Waals surface area contributed by atoms with Crippen LogP contribution in [0.2, 0.25) is 0 Å². The molecule has 12 heavy (non-hydrogen) atoms. The van der Waals surface area contributed by atoms with Crippen molar-refractivity contribution in [3.05, 3.63) is 0 Å². The van der Waals surface area contributed by atoms with Crippen molar-refractivity contribution in [3.63, 3.8) is 0 Å². The van der Waals surface area contributed by atoms with Gasteiger partial charge in [0, 0.05) is 0 Å². The second-order valence-corrected chi connectivity index (χ2v) is 3.79. The molecule has 0 bridgehead atoms. The van der Waals surface area contributed by atoms with Crippen LogP contribution in [0.3, 0.4) is 0 Å². The summed E-state index contributed by atoms with van der Waals surface area (Å²) in [4.78, 5) is 10.7. The Labute approximate surface area is 72.4 Å². The van der Waals surface area contributed by atoms with E-state index < -0.39 is 11.6 Å². The predicted octanol–water partition coefficient (Wildman–Crippen LogP) is 1.40. The monoisotopic (exact) mass is 172 g/mol. The maximum absolute atomic E-state index is 10.7. The molecular weight excluding hydrogens is 156 g/mol. The summed E-state index contributed by atoms with van der Waals surface area (Å²) >= 11 is 0. The van der Waals surface area contributed by atoms with E-state index in [9.17, 15) is 9.90 Å². The van der Waals surface area contributed by atoms with Crippen LogP contribution in [0, 0.1) is 5.92 Å². The van der Waals surface area contributed by atoms with Gasteiger partial charge in [-0.25, -0.2) is 4.79 Å². The molecule has 1 aliphatic carbocycles. The first-order chi connectivity index (χ1) is 5.55. The maximum atomic E-state index is 10.7. The minimum Gasteiger partial charge on any atom is -0.479 e. The topological polar surface area (TPSA) is 57.5 Å². The maximum Gasteiger partial charge on any atom is 0.335 e. The Morgan fingerprint density at radius 2 is 1.83 bits per heavy atom. The third-order valence-corrected chi connectivity index (χ3v) is 2.83. The number of rotatable bonds is 2. The van der Waals surface area contributed by atoms with Gasteiger partial charge in [-0.3, -0.25) is 0 Å². The zero-order valence-corrected chi connectivity index (χ0v) is 7.42. The zero-order chi connectivity index (χ0) is 9.19. The molecule has 0 radical (unpaired) electrons. The normalized spacial score (nSPS) is 24.8. The highest BCUT2D eigenvalue weighted by Crippen LogP contribution is 2.32. The van der Waals surface area contributed by atoms with E-state index in [1.807, 2.05) is 0 Å². The largest absolute Gasteiger partial charge is 0.479 e. The van der Waals surface area contributed by atoms with Crippen molar-refractivity contribution in [1.29, 1.82) is 0 Å². The van der Waals surface area contributed by atoms with Crippen LogP contribution in [0.5, 0.6) is 0 Å². The van der Waals surface area contributed by atoms with Crippen molar-refractivity contribution in [1.82, 2.24) is 0 Å². The number of aliphatic carboxylic acids is 1. The first-order valence-corrected chi connectivity index (χ1v) is 4.51. The van der Waals surface area contributed by atoms with E-state index in [0.717, 1.165) is 25.7 Å². The first-order valence-electron chi connectivity index (χ1n) is 4.51. The number of carboxylic acid groups (broad SMARTS) is 1. The first kappa shape index (κ1) is 9.52. The van der Waals surface area contributed by atoms with E-state index in [-0.39, 0.29) is 5.92 Å². The minimum atomic E-state index is -1.51. The smallest absolute Gasteiger partial charge is 0.335 e. The molecule has 0 heterocycles. The molecule has 1 atom stereocenters. The third kappa shape index (κ3) is 1.78. The molecule has 1 aliphatic rings. The van der Waals surface area contributed by atoms with Gasteiger partial charge in [-0.05, 0) is 25.7 Å². The fourth-order valence-corrected chi connectivity index (χ4v) is 1.84. The lowest BCUT2D eigenvalue weighted by molar-refractivity contribution is -0.163. The van der Waals surface area contributed by atoms with Gasteiger partial charge < -0.3 is 10.2 Å². The van der Waals surface area contributed by atoms with Gasteiger partial charge in [-0.2, -0.15) is 0 Å². The molecule has 1 saturated carbocycles. The molecule has 0 aromatic rings. The van der Waals surface area contributed by atoms with E-state index in [0.29, 0.717) is 0 Å². The Balaban J connectivity index is 2.59.